The molecule has 0 unspecified atom stereocenters. The fraction of sp³-hybridized carbons (Fsp3) is 0.591. The Kier molecular flexibility index (Phi) is 3.88. The molecular formula is C22H27N3O2. The van der Waals surface area contributed by atoms with Gasteiger partial charge in [0.2, 0.25) is 0 Å². The van der Waals surface area contributed by atoms with Crippen LogP contribution in [0.15, 0.2) is 30.6 Å². The molecule has 142 valence electrons. The largest absolute Gasteiger partial charge is 0.508 e. The van der Waals surface area contributed by atoms with E-state index in [9.17, 15) is 9.90 Å². The average molecular weight is 365 g/mol. The number of rotatable bonds is 3. The summed E-state index contributed by atoms with van der Waals surface area (Å²) in [6, 6.07) is 5.94. The van der Waals surface area contributed by atoms with Crippen molar-refractivity contribution in [3.63, 3.8) is 0 Å². The van der Waals surface area contributed by atoms with Gasteiger partial charge in [-0.1, -0.05) is 18.2 Å². The first-order chi connectivity index (χ1) is 13.1. The smallest absolute Gasteiger partial charge is 0.157 e. The van der Waals surface area contributed by atoms with Crippen molar-refractivity contribution in [2.45, 2.75) is 57.9 Å². The fourth-order valence-electron chi connectivity index (χ4n) is 6.68. The van der Waals surface area contributed by atoms with E-state index in [0.717, 1.165) is 25.7 Å². The highest BCUT2D eigenvalue weighted by Crippen LogP contribution is 2.63. The van der Waals surface area contributed by atoms with Gasteiger partial charge >= 0.3 is 0 Å². The summed E-state index contributed by atoms with van der Waals surface area (Å²) in [7, 11) is 0. The zero-order valence-corrected chi connectivity index (χ0v) is 15.8. The molecule has 2 saturated carbocycles. The number of carbonyl (C=O) groups excluding carboxylic acids is 1. The number of phenolic OH excluding ortho intramolecular Hbond substituents is 1. The summed E-state index contributed by atoms with van der Waals surface area (Å²) in [5, 5.41) is 17.6. The van der Waals surface area contributed by atoms with Crippen molar-refractivity contribution in [3.8, 4) is 5.75 Å². The molecule has 0 amide bonds. The van der Waals surface area contributed by atoms with Crippen LogP contribution in [0.1, 0.15) is 56.1 Å². The molecule has 1 aromatic heterocycles. The number of phenols is 1. The molecule has 5 nitrogen and oxygen atoms in total. The van der Waals surface area contributed by atoms with Crippen LogP contribution in [0.3, 0.4) is 0 Å². The standard InChI is InChI=1S/C22H27N3O2/c1-22-9-8-17-16-5-3-15(26)12-14(16)2-4-18(17)19(22)6-7-20(22)21(27)13-25-11-10-23-24-25/h3,5,10-12,17-20,26H,2,4,6-9,13H2,1H3/t17-,18-,19+,20-,22+/m1/s1. The lowest BCUT2D eigenvalue weighted by molar-refractivity contribution is -0.128. The summed E-state index contributed by atoms with van der Waals surface area (Å²) in [4.78, 5) is 13.1. The van der Waals surface area contributed by atoms with Gasteiger partial charge < -0.3 is 5.11 Å². The first-order valence-corrected chi connectivity index (χ1v) is 10.2. The fourth-order valence-corrected chi connectivity index (χ4v) is 6.68. The van der Waals surface area contributed by atoms with Gasteiger partial charge in [-0.2, -0.15) is 0 Å². The van der Waals surface area contributed by atoms with Crippen molar-refractivity contribution in [3.05, 3.63) is 41.7 Å². The van der Waals surface area contributed by atoms with Gasteiger partial charge in [0.1, 0.15) is 12.3 Å². The van der Waals surface area contributed by atoms with Crippen LogP contribution in [0.25, 0.3) is 0 Å². The average Bonchev–Trinajstić information content (AvgIpc) is 3.28. The zero-order valence-electron chi connectivity index (χ0n) is 15.8. The predicted octanol–water partition coefficient (Wildman–Crippen LogP) is 3.73. The molecule has 0 bridgehead atoms. The molecule has 3 aliphatic rings. The highest BCUT2D eigenvalue weighted by atomic mass is 16.3. The van der Waals surface area contributed by atoms with Crippen molar-refractivity contribution < 1.29 is 9.90 Å². The Balaban J connectivity index is 1.39. The Labute approximate surface area is 159 Å². The predicted molar refractivity (Wildman–Crippen MR) is 101 cm³/mol. The highest BCUT2D eigenvalue weighted by Gasteiger charge is 2.56. The van der Waals surface area contributed by atoms with Gasteiger partial charge in [0.25, 0.3) is 0 Å². The molecule has 2 fully saturated rings. The number of Topliss-reactive ketones (excluding diaryl/α,β-unsaturated/α-hetero) is 1. The second-order valence-corrected chi connectivity index (χ2v) is 9.04. The molecule has 5 heteroatoms. The van der Waals surface area contributed by atoms with Gasteiger partial charge in [-0.3, -0.25) is 4.79 Å². The number of aromatic nitrogens is 3. The molecule has 0 saturated heterocycles. The van der Waals surface area contributed by atoms with Crippen LogP contribution >= 0.6 is 0 Å². The number of benzene rings is 1. The van der Waals surface area contributed by atoms with Gasteiger partial charge in [0.15, 0.2) is 5.78 Å². The Morgan fingerprint density at radius 3 is 3.00 bits per heavy atom. The Morgan fingerprint density at radius 2 is 2.19 bits per heavy atom. The van der Waals surface area contributed by atoms with Gasteiger partial charge in [0, 0.05) is 12.1 Å². The number of aryl methyl sites for hydroxylation is 1. The lowest BCUT2D eigenvalue weighted by atomic mass is 9.54. The van der Waals surface area contributed by atoms with Crippen molar-refractivity contribution in [1.82, 2.24) is 15.0 Å². The molecule has 0 aliphatic heterocycles. The summed E-state index contributed by atoms with van der Waals surface area (Å²) >= 11 is 0. The number of nitrogens with zero attached hydrogens (tertiary/aromatic N) is 3. The van der Waals surface area contributed by atoms with Crippen LogP contribution in [-0.4, -0.2) is 25.9 Å². The van der Waals surface area contributed by atoms with Gasteiger partial charge in [-0.25, -0.2) is 4.68 Å². The molecule has 1 heterocycles. The summed E-state index contributed by atoms with van der Waals surface area (Å²) in [6.45, 7) is 2.72. The number of ketones is 1. The Hall–Kier alpha value is -2.17. The van der Waals surface area contributed by atoms with E-state index in [1.165, 1.54) is 24.0 Å². The molecule has 0 radical (unpaired) electrons. The van der Waals surface area contributed by atoms with E-state index in [1.54, 1.807) is 17.1 Å². The van der Waals surface area contributed by atoms with Crippen LogP contribution in [-0.2, 0) is 17.8 Å². The summed E-state index contributed by atoms with van der Waals surface area (Å²) in [5.41, 5.74) is 2.90. The third-order valence-electron chi connectivity index (χ3n) is 7.89. The number of hydrogen-bond donors (Lipinski definition) is 1. The number of hydrogen-bond acceptors (Lipinski definition) is 4. The van der Waals surface area contributed by atoms with Crippen molar-refractivity contribution in [1.29, 1.82) is 0 Å². The van der Waals surface area contributed by atoms with Crippen molar-refractivity contribution in [2.24, 2.45) is 23.2 Å². The lowest BCUT2D eigenvalue weighted by Crippen LogP contribution is -2.44. The van der Waals surface area contributed by atoms with E-state index in [2.05, 4.69) is 23.3 Å². The van der Waals surface area contributed by atoms with Crippen LogP contribution in [0.2, 0.25) is 0 Å². The molecule has 2 aromatic rings. The van der Waals surface area contributed by atoms with Gasteiger partial charge in [0.05, 0.1) is 6.20 Å². The first-order valence-electron chi connectivity index (χ1n) is 10.2. The zero-order chi connectivity index (χ0) is 18.6. The topological polar surface area (TPSA) is 68.0 Å². The van der Waals surface area contributed by atoms with E-state index in [-0.39, 0.29) is 11.3 Å². The maximum Gasteiger partial charge on any atom is 0.157 e. The number of aromatic hydroxyl groups is 1. The second kappa shape index (κ2) is 6.18. The normalized spacial score (nSPS) is 34.6. The van der Waals surface area contributed by atoms with E-state index in [0.29, 0.717) is 35.8 Å². The maximum atomic E-state index is 13.1. The first kappa shape index (κ1) is 17.0. The van der Waals surface area contributed by atoms with Crippen LogP contribution < -0.4 is 0 Å². The Morgan fingerprint density at radius 1 is 1.30 bits per heavy atom. The van der Waals surface area contributed by atoms with Crippen molar-refractivity contribution in [2.75, 3.05) is 0 Å². The highest BCUT2D eigenvalue weighted by molar-refractivity contribution is 5.82. The van der Waals surface area contributed by atoms with E-state index >= 15 is 0 Å². The monoisotopic (exact) mass is 365 g/mol. The quantitative estimate of drug-likeness (QED) is 0.900. The van der Waals surface area contributed by atoms with Crippen molar-refractivity contribution >= 4 is 5.78 Å². The Bertz CT molecular complexity index is 862. The minimum atomic E-state index is 0.118. The number of carbonyl (C=O) groups is 1. The summed E-state index contributed by atoms with van der Waals surface area (Å²) in [5.74, 6) is 2.75. The molecule has 27 heavy (non-hydrogen) atoms. The molecule has 0 spiro atoms. The van der Waals surface area contributed by atoms with E-state index in [1.807, 2.05) is 12.1 Å². The SMILES string of the molecule is C[C@]12CC[C@@H]3c4ccc(O)cc4CC[C@H]3[C@@H]1CC[C@@H]2C(=O)Cn1ccnn1. The number of fused-ring (bicyclic) bond motifs is 5. The van der Waals surface area contributed by atoms with E-state index in [4.69, 9.17) is 0 Å². The molecule has 1 aromatic carbocycles. The minimum Gasteiger partial charge on any atom is -0.508 e. The molecule has 5 rings (SSSR count). The van der Waals surface area contributed by atoms with Gasteiger partial charge in [-0.05, 0) is 85.0 Å². The third-order valence-corrected chi connectivity index (χ3v) is 7.89. The molecule has 3 aliphatic carbocycles. The maximum absolute atomic E-state index is 13.1. The molecule has 1 N–H and O–H groups in total. The van der Waals surface area contributed by atoms with Gasteiger partial charge in [-0.15, -0.1) is 5.10 Å². The van der Waals surface area contributed by atoms with Crippen LogP contribution in [0.4, 0.5) is 0 Å². The molecular weight excluding hydrogens is 338 g/mol. The molecule has 5 atom stereocenters. The second-order valence-electron chi connectivity index (χ2n) is 9.04. The lowest BCUT2D eigenvalue weighted by Gasteiger charge is -2.50. The van der Waals surface area contributed by atoms with Crippen LogP contribution in [0, 0.1) is 23.2 Å². The van der Waals surface area contributed by atoms with E-state index < -0.39 is 0 Å². The summed E-state index contributed by atoms with van der Waals surface area (Å²) in [6.07, 6.45) is 10.1. The summed E-state index contributed by atoms with van der Waals surface area (Å²) < 4.78 is 1.66. The third kappa shape index (κ3) is 2.62. The van der Waals surface area contributed by atoms with Crippen LogP contribution in [0.5, 0.6) is 5.75 Å². The minimum absolute atomic E-state index is 0.118.